The van der Waals surface area contributed by atoms with E-state index in [0.717, 1.165) is 0 Å². The van der Waals surface area contributed by atoms with Crippen LogP contribution in [-0.2, 0) is 13.2 Å². The number of hydrogen-bond donors (Lipinski definition) is 2. The molecule has 0 saturated heterocycles. The minimum absolute atomic E-state index is 0.165. The monoisotopic (exact) mass is 354 g/mol. The smallest absolute Gasteiger partial charge is 0.406 e. The summed E-state index contributed by atoms with van der Waals surface area (Å²) < 4.78 is 41.8. The molecule has 3 rings (SSSR count). The summed E-state index contributed by atoms with van der Waals surface area (Å²) in [6.45, 7) is 1.34. The molecule has 0 unspecified atom stereocenters. The first-order valence-corrected chi connectivity index (χ1v) is 7.18. The van der Waals surface area contributed by atoms with Gasteiger partial charge >= 0.3 is 6.36 Å². The van der Waals surface area contributed by atoms with Gasteiger partial charge in [-0.3, -0.25) is 4.79 Å². The van der Waals surface area contributed by atoms with Crippen molar-refractivity contribution in [1.82, 2.24) is 19.7 Å². The van der Waals surface area contributed by atoms with Crippen LogP contribution in [0.4, 0.5) is 13.2 Å². The predicted molar refractivity (Wildman–Crippen MR) is 81.0 cm³/mol. The molecule has 7 nitrogen and oxygen atoms in total. The van der Waals surface area contributed by atoms with Crippen molar-refractivity contribution in [3.8, 4) is 5.75 Å². The molecule has 0 radical (unpaired) electrons. The molecule has 0 saturated carbocycles. The second kappa shape index (κ2) is 6.20. The number of aryl methyl sites for hydroxylation is 1. The summed E-state index contributed by atoms with van der Waals surface area (Å²) in [5.41, 5.74) is 0.691. The van der Waals surface area contributed by atoms with E-state index in [1.54, 1.807) is 6.92 Å². The highest BCUT2D eigenvalue weighted by molar-refractivity contribution is 5.77. The molecular formula is C15H13F3N4O3. The summed E-state index contributed by atoms with van der Waals surface area (Å²) in [6.07, 6.45) is -4.75. The van der Waals surface area contributed by atoms with E-state index in [4.69, 9.17) is 0 Å². The summed E-state index contributed by atoms with van der Waals surface area (Å²) in [4.78, 5) is 18.8. The van der Waals surface area contributed by atoms with Gasteiger partial charge in [0.1, 0.15) is 22.7 Å². The Morgan fingerprint density at radius 3 is 2.56 bits per heavy atom. The Labute approximate surface area is 138 Å². The lowest BCUT2D eigenvalue weighted by Crippen LogP contribution is -2.17. The fraction of sp³-hybridized carbons (Fsp3) is 0.267. The van der Waals surface area contributed by atoms with Crippen LogP contribution in [0.25, 0.3) is 11.0 Å². The van der Waals surface area contributed by atoms with Crippen LogP contribution in [0.5, 0.6) is 5.75 Å². The molecule has 1 aromatic carbocycles. The molecule has 2 heterocycles. The van der Waals surface area contributed by atoms with Crippen LogP contribution in [0.2, 0.25) is 0 Å². The molecular weight excluding hydrogens is 341 g/mol. The van der Waals surface area contributed by atoms with E-state index in [-0.39, 0.29) is 23.4 Å². The number of nitrogens with zero attached hydrogens (tertiary/aromatic N) is 3. The molecule has 3 aromatic rings. The Hall–Kier alpha value is -2.88. The lowest BCUT2D eigenvalue weighted by Gasteiger charge is -2.09. The number of alkyl halides is 3. The zero-order valence-electron chi connectivity index (χ0n) is 13.0. The molecule has 0 aliphatic rings. The van der Waals surface area contributed by atoms with Crippen LogP contribution in [0.1, 0.15) is 17.1 Å². The van der Waals surface area contributed by atoms with Crippen LogP contribution >= 0.6 is 0 Å². The fourth-order valence-electron chi connectivity index (χ4n) is 2.45. The summed E-state index contributed by atoms with van der Waals surface area (Å²) >= 11 is 0. The quantitative estimate of drug-likeness (QED) is 0.746. The van der Waals surface area contributed by atoms with Crippen molar-refractivity contribution in [2.24, 2.45) is 0 Å². The Bertz CT molecular complexity index is 961. The van der Waals surface area contributed by atoms with E-state index >= 15 is 0 Å². The van der Waals surface area contributed by atoms with E-state index in [9.17, 15) is 23.1 Å². The van der Waals surface area contributed by atoms with E-state index in [2.05, 4.69) is 19.8 Å². The summed E-state index contributed by atoms with van der Waals surface area (Å²) in [5.74, 6) is 0.0556. The highest BCUT2D eigenvalue weighted by Gasteiger charge is 2.30. The highest BCUT2D eigenvalue weighted by Crippen LogP contribution is 2.23. The van der Waals surface area contributed by atoms with Crippen molar-refractivity contribution in [1.29, 1.82) is 0 Å². The van der Waals surface area contributed by atoms with Crippen LogP contribution in [0, 0.1) is 6.92 Å². The van der Waals surface area contributed by atoms with E-state index in [1.165, 1.54) is 28.9 Å². The Kier molecular flexibility index (Phi) is 4.21. The molecule has 0 bridgehead atoms. The summed E-state index contributed by atoms with van der Waals surface area (Å²) in [5, 5.41) is 13.7. The fourth-order valence-corrected chi connectivity index (χ4v) is 2.45. The molecule has 2 aromatic heterocycles. The lowest BCUT2D eigenvalue weighted by molar-refractivity contribution is -0.274. The van der Waals surface area contributed by atoms with Crippen molar-refractivity contribution >= 4 is 11.0 Å². The first-order valence-electron chi connectivity index (χ1n) is 7.18. The van der Waals surface area contributed by atoms with Gasteiger partial charge in [-0.25, -0.2) is 9.67 Å². The number of hydrogen-bond acceptors (Lipinski definition) is 5. The number of fused-ring (bicyclic) bond motifs is 1. The number of halogens is 3. The minimum Gasteiger partial charge on any atom is -0.406 e. The van der Waals surface area contributed by atoms with E-state index in [0.29, 0.717) is 17.0 Å². The van der Waals surface area contributed by atoms with Gasteiger partial charge in [0.25, 0.3) is 5.56 Å². The number of benzene rings is 1. The summed E-state index contributed by atoms with van der Waals surface area (Å²) in [7, 11) is 0. The molecule has 0 aliphatic carbocycles. The van der Waals surface area contributed by atoms with E-state index in [1.807, 2.05) is 0 Å². The maximum absolute atomic E-state index is 12.2. The maximum atomic E-state index is 12.2. The number of ether oxygens (including phenoxy) is 1. The third-order valence-corrected chi connectivity index (χ3v) is 3.43. The average molecular weight is 354 g/mol. The molecule has 0 spiro atoms. The van der Waals surface area contributed by atoms with Gasteiger partial charge in [0.15, 0.2) is 5.65 Å². The standard InChI is InChI=1S/C15H13F3N4O3/c1-8-19-13-12(14(24)20-8)11(7-23)21-22(13)6-9-2-4-10(5-3-9)25-15(16,17)18/h2-5,23H,6-7H2,1H3,(H,19,20,24). The van der Waals surface area contributed by atoms with E-state index < -0.39 is 18.5 Å². The van der Waals surface area contributed by atoms with Crippen LogP contribution in [-0.4, -0.2) is 31.2 Å². The Balaban J connectivity index is 1.94. The van der Waals surface area contributed by atoms with Crippen LogP contribution < -0.4 is 10.3 Å². The topological polar surface area (TPSA) is 93.0 Å². The normalized spacial score (nSPS) is 11.9. The second-order valence-electron chi connectivity index (χ2n) is 5.30. The zero-order valence-corrected chi connectivity index (χ0v) is 13.0. The highest BCUT2D eigenvalue weighted by atomic mass is 19.4. The maximum Gasteiger partial charge on any atom is 0.573 e. The first kappa shape index (κ1) is 17.0. The number of aliphatic hydroxyl groups excluding tert-OH is 1. The minimum atomic E-state index is -4.75. The second-order valence-corrected chi connectivity index (χ2v) is 5.30. The van der Waals surface area contributed by atoms with Crippen molar-refractivity contribution in [2.75, 3.05) is 0 Å². The molecule has 25 heavy (non-hydrogen) atoms. The van der Waals surface area contributed by atoms with Gasteiger partial charge in [0, 0.05) is 0 Å². The van der Waals surface area contributed by atoms with Gasteiger partial charge < -0.3 is 14.8 Å². The molecule has 0 fully saturated rings. The van der Waals surface area contributed by atoms with Gasteiger partial charge in [-0.2, -0.15) is 5.10 Å². The largest absolute Gasteiger partial charge is 0.573 e. The predicted octanol–water partition coefficient (Wildman–Crippen LogP) is 1.87. The van der Waals surface area contributed by atoms with Gasteiger partial charge in [0.05, 0.1) is 13.2 Å². The van der Waals surface area contributed by atoms with Gasteiger partial charge in [-0.05, 0) is 24.6 Å². The zero-order chi connectivity index (χ0) is 18.2. The summed E-state index contributed by atoms with van der Waals surface area (Å²) in [6, 6.07) is 5.28. The van der Waals surface area contributed by atoms with Gasteiger partial charge in [-0.15, -0.1) is 13.2 Å². The van der Waals surface area contributed by atoms with Gasteiger partial charge in [0.2, 0.25) is 0 Å². The van der Waals surface area contributed by atoms with Crippen molar-refractivity contribution in [2.45, 2.75) is 26.4 Å². The number of rotatable bonds is 4. The van der Waals surface area contributed by atoms with Crippen molar-refractivity contribution in [3.05, 3.63) is 51.7 Å². The average Bonchev–Trinajstić information content (AvgIpc) is 2.86. The molecule has 132 valence electrons. The van der Waals surface area contributed by atoms with Crippen molar-refractivity contribution in [3.63, 3.8) is 0 Å². The number of aromatic amines is 1. The number of nitrogens with one attached hydrogen (secondary N) is 1. The first-order chi connectivity index (χ1) is 11.8. The third kappa shape index (κ3) is 3.63. The van der Waals surface area contributed by atoms with Crippen LogP contribution in [0.15, 0.2) is 29.1 Å². The molecule has 2 N–H and O–H groups in total. The Morgan fingerprint density at radius 1 is 1.28 bits per heavy atom. The molecule has 0 aliphatic heterocycles. The van der Waals surface area contributed by atoms with Crippen LogP contribution in [0.3, 0.4) is 0 Å². The number of H-pyrrole nitrogens is 1. The number of aliphatic hydroxyl groups is 1. The number of aromatic nitrogens is 4. The lowest BCUT2D eigenvalue weighted by atomic mass is 10.2. The van der Waals surface area contributed by atoms with Crippen molar-refractivity contribution < 1.29 is 23.0 Å². The third-order valence-electron chi connectivity index (χ3n) is 3.43. The van der Waals surface area contributed by atoms with Gasteiger partial charge in [-0.1, -0.05) is 12.1 Å². The molecule has 0 atom stereocenters. The molecule has 0 amide bonds. The SMILES string of the molecule is Cc1nc2c(c(CO)nn2Cc2ccc(OC(F)(F)F)cc2)c(=O)[nH]1. The Morgan fingerprint density at radius 2 is 1.96 bits per heavy atom. The molecule has 10 heteroatoms.